The SMILES string of the molecule is Clc1cc(Cl)n2cncc2c1. The van der Waals surface area contributed by atoms with Gasteiger partial charge in [-0.2, -0.15) is 0 Å². The van der Waals surface area contributed by atoms with Crippen molar-refractivity contribution in [1.29, 1.82) is 0 Å². The van der Waals surface area contributed by atoms with E-state index in [4.69, 9.17) is 23.2 Å². The van der Waals surface area contributed by atoms with E-state index in [1.807, 2.05) is 0 Å². The van der Waals surface area contributed by atoms with E-state index in [0.717, 1.165) is 5.52 Å². The van der Waals surface area contributed by atoms with Gasteiger partial charge in [-0.15, -0.1) is 0 Å². The molecule has 11 heavy (non-hydrogen) atoms. The van der Waals surface area contributed by atoms with Gasteiger partial charge in [0, 0.05) is 5.02 Å². The monoisotopic (exact) mass is 186 g/mol. The summed E-state index contributed by atoms with van der Waals surface area (Å²) in [6, 6.07) is 3.48. The van der Waals surface area contributed by atoms with Crippen molar-refractivity contribution in [1.82, 2.24) is 9.38 Å². The number of pyridine rings is 1. The van der Waals surface area contributed by atoms with Crippen LogP contribution in [0.15, 0.2) is 24.7 Å². The topological polar surface area (TPSA) is 17.3 Å². The van der Waals surface area contributed by atoms with Crippen LogP contribution in [-0.2, 0) is 0 Å². The van der Waals surface area contributed by atoms with Crippen molar-refractivity contribution in [2.24, 2.45) is 0 Å². The Bertz CT molecular complexity index is 394. The summed E-state index contributed by atoms with van der Waals surface area (Å²) in [5.74, 6) is 0. The average Bonchev–Trinajstić information content (AvgIpc) is 2.34. The average molecular weight is 187 g/mol. The predicted octanol–water partition coefficient (Wildman–Crippen LogP) is 2.64. The maximum Gasteiger partial charge on any atom is 0.116 e. The third-order valence-electron chi connectivity index (χ3n) is 1.44. The Hall–Kier alpha value is -0.730. The van der Waals surface area contributed by atoms with Crippen molar-refractivity contribution in [2.45, 2.75) is 0 Å². The van der Waals surface area contributed by atoms with Crippen LogP contribution in [0.5, 0.6) is 0 Å². The van der Waals surface area contributed by atoms with Crippen LogP contribution in [-0.4, -0.2) is 9.38 Å². The van der Waals surface area contributed by atoms with Gasteiger partial charge in [-0.1, -0.05) is 23.2 Å². The van der Waals surface area contributed by atoms with Gasteiger partial charge in [0.2, 0.25) is 0 Å². The zero-order valence-electron chi connectivity index (χ0n) is 5.46. The summed E-state index contributed by atoms with van der Waals surface area (Å²) in [4.78, 5) is 3.92. The molecule has 2 aromatic heterocycles. The molecular formula is C7H4Cl2N2. The molecule has 0 aromatic carbocycles. The largest absolute Gasteiger partial charge is 0.289 e. The highest BCUT2D eigenvalue weighted by Gasteiger charge is 1.98. The van der Waals surface area contributed by atoms with Crippen LogP contribution in [0.1, 0.15) is 0 Å². The van der Waals surface area contributed by atoms with E-state index in [9.17, 15) is 0 Å². The first kappa shape index (κ1) is 6.95. The Morgan fingerprint density at radius 3 is 2.91 bits per heavy atom. The van der Waals surface area contributed by atoms with E-state index in [1.165, 1.54) is 0 Å². The molecule has 0 fully saturated rings. The smallest absolute Gasteiger partial charge is 0.116 e. The zero-order chi connectivity index (χ0) is 7.84. The predicted molar refractivity (Wildman–Crippen MR) is 45.2 cm³/mol. The van der Waals surface area contributed by atoms with Crippen LogP contribution in [0, 0.1) is 0 Å². The summed E-state index contributed by atoms with van der Waals surface area (Å²) in [5, 5.41) is 1.20. The molecular weight excluding hydrogens is 183 g/mol. The van der Waals surface area contributed by atoms with Crippen LogP contribution in [0.25, 0.3) is 5.52 Å². The molecule has 0 radical (unpaired) electrons. The molecule has 0 atom stereocenters. The molecule has 0 spiro atoms. The highest BCUT2D eigenvalue weighted by molar-refractivity contribution is 6.34. The van der Waals surface area contributed by atoms with Gasteiger partial charge in [-0.3, -0.25) is 4.40 Å². The third kappa shape index (κ3) is 1.08. The van der Waals surface area contributed by atoms with E-state index in [0.29, 0.717) is 10.2 Å². The van der Waals surface area contributed by atoms with Gasteiger partial charge in [-0.05, 0) is 12.1 Å². The minimum absolute atomic E-state index is 0.574. The number of rotatable bonds is 0. The second-order valence-electron chi connectivity index (χ2n) is 2.18. The molecule has 2 aromatic rings. The van der Waals surface area contributed by atoms with Crippen LogP contribution < -0.4 is 0 Å². The molecule has 0 saturated carbocycles. The summed E-state index contributed by atoms with van der Waals surface area (Å²) in [6.07, 6.45) is 3.35. The molecule has 0 aliphatic heterocycles. The normalized spacial score (nSPS) is 10.7. The second kappa shape index (κ2) is 2.40. The van der Waals surface area contributed by atoms with Gasteiger partial charge in [0.1, 0.15) is 11.5 Å². The Morgan fingerprint density at radius 1 is 1.27 bits per heavy atom. The van der Waals surface area contributed by atoms with Crippen molar-refractivity contribution in [3.8, 4) is 0 Å². The highest BCUT2D eigenvalue weighted by Crippen LogP contribution is 2.19. The fourth-order valence-electron chi connectivity index (χ4n) is 0.957. The zero-order valence-corrected chi connectivity index (χ0v) is 6.97. The van der Waals surface area contributed by atoms with Gasteiger partial charge in [0.15, 0.2) is 0 Å². The summed E-state index contributed by atoms with van der Waals surface area (Å²) in [7, 11) is 0. The first-order chi connectivity index (χ1) is 5.27. The fourth-order valence-corrected chi connectivity index (χ4v) is 1.49. The molecule has 2 rings (SSSR count). The number of aromatic nitrogens is 2. The summed E-state index contributed by atoms with van der Waals surface area (Å²) in [6.45, 7) is 0. The molecule has 0 aliphatic rings. The van der Waals surface area contributed by atoms with Crippen LogP contribution in [0.2, 0.25) is 10.2 Å². The standard InChI is InChI=1S/C7H4Cl2N2/c8-5-1-6-3-10-4-11(6)7(9)2-5/h1-4H. The van der Waals surface area contributed by atoms with Crippen molar-refractivity contribution >= 4 is 28.7 Å². The minimum Gasteiger partial charge on any atom is -0.289 e. The maximum atomic E-state index is 5.84. The van der Waals surface area contributed by atoms with E-state index in [2.05, 4.69) is 4.98 Å². The van der Waals surface area contributed by atoms with Crippen molar-refractivity contribution in [3.63, 3.8) is 0 Å². The van der Waals surface area contributed by atoms with Gasteiger partial charge < -0.3 is 0 Å². The van der Waals surface area contributed by atoms with Gasteiger partial charge in [0.05, 0.1) is 11.7 Å². The first-order valence-electron chi connectivity index (χ1n) is 3.04. The van der Waals surface area contributed by atoms with E-state index in [-0.39, 0.29) is 0 Å². The van der Waals surface area contributed by atoms with Crippen molar-refractivity contribution in [2.75, 3.05) is 0 Å². The Labute approximate surface area is 73.4 Å². The Kier molecular flexibility index (Phi) is 1.51. The molecule has 0 saturated heterocycles. The highest BCUT2D eigenvalue weighted by atomic mass is 35.5. The van der Waals surface area contributed by atoms with E-state index < -0.39 is 0 Å². The summed E-state index contributed by atoms with van der Waals surface area (Å²) in [5.41, 5.74) is 0.905. The Morgan fingerprint density at radius 2 is 2.09 bits per heavy atom. The van der Waals surface area contributed by atoms with E-state index in [1.54, 1.807) is 29.1 Å². The van der Waals surface area contributed by atoms with Gasteiger partial charge >= 0.3 is 0 Å². The second-order valence-corrected chi connectivity index (χ2v) is 3.01. The lowest BCUT2D eigenvalue weighted by Crippen LogP contribution is -1.82. The third-order valence-corrected chi connectivity index (χ3v) is 1.95. The van der Waals surface area contributed by atoms with Crippen LogP contribution in [0.4, 0.5) is 0 Å². The number of imidazole rings is 1. The number of fused-ring (bicyclic) bond motifs is 1. The minimum atomic E-state index is 0.574. The lowest BCUT2D eigenvalue weighted by atomic mass is 10.4. The van der Waals surface area contributed by atoms with Crippen LogP contribution in [0.3, 0.4) is 0 Å². The van der Waals surface area contributed by atoms with Gasteiger partial charge in [0.25, 0.3) is 0 Å². The molecule has 0 unspecified atom stereocenters. The maximum absolute atomic E-state index is 5.84. The molecule has 4 heteroatoms. The lowest BCUT2D eigenvalue weighted by Gasteiger charge is -1.96. The molecule has 56 valence electrons. The molecule has 0 amide bonds. The summed E-state index contributed by atoms with van der Waals surface area (Å²) >= 11 is 11.6. The van der Waals surface area contributed by atoms with Crippen LogP contribution >= 0.6 is 23.2 Å². The molecule has 2 nitrogen and oxygen atoms in total. The van der Waals surface area contributed by atoms with Crippen molar-refractivity contribution in [3.05, 3.63) is 34.8 Å². The fraction of sp³-hybridized carbons (Fsp3) is 0. The molecule has 0 aliphatic carbocycles. The van der Waals surface area contributed by atoms with E-state index >= 15 is 0 Å². The van der Waals surface area contributed by atoms with Gasteiger partial charge in [-0.25, -0.2) is 4.98 Å². The molecule has 2 heterocycles. The number of hydrogen-bond donors (Lipinski definition) is 0. The van der Waals surface area contributed by atoms with Crippen molar-refractivity contribution < 1.29 is 0 Å². The lowest BCUT2D eigenvalue weighted by molar-refractivity contribution is 1.15. The molecule has 0 bridgehead atoms. The number of hydrogen-bond acceptors (Lipinski definition) is 1. The summed E-state index contributed by atoms with van der Waals surface area (Å²) < 4.78 is 1.76. The number of halogens is 2. The quantitative estimate of drug-likeness (QED) is 0.579. The molecule has 0 N–H and O–H groups in total. The first-order valence-corrected chi connectivity index (χ1v) is 3.80. The number of nitrogens with zero attached hydrogens (tertiary/aromatic N) is 2. The Balaban J connectivity index is 2.91.